The third-order valence-electron chi connectivity index (χ3n) is 5.71. The van der Waals surface area contributed by atoms with Crippen LogP contribution in [0.25, 0.3) is 10.9 Å². The molecule has 3 aromatic rings. The zero-order valence-electron chi connectivity index (χ0n) is 18.6. The number of ether oxygens (including phenoxy) is 2. The van der Waals surface area contributed by atoms with Crippen LogP contribution in [0.5, 0.6) is 11.5 Å². The number of rotatable bonds is 9. The number of carbonyl (C=O) groups is 2. The predicted octanol–water partition coefficient (Wildman–Crippen LogP) is 3.89. The number of aryl methyl sites for hydroxylation is 1. The number of amides is 1. The van der Waals surface area contributed by atoms with Crippen LogP contribution in [-0.2, 0) is 24.1 Å². The van der Waals surface area contributed by atoms with Crippen molar-refractivity contribution < 1.29 is 24.2 Å². The average Bonchev–Trinajstić information content (AvgIpc) is 3.29. The molecule has 0 bridgehead atoms. The Morgan fingerprint density at radius 2 is 1.91 bits per heavy atom. The van der Waals surface area contributed by atoms with Gasteiger partial charge in [0.05, 0.1) is 25.5 Å². The van der Waals surface area contributed by atoms with Gasteiger partial charge in [-0.2, -0.15) is 0 Å². The van der Waals surface area contributed by atoms with E-state index >= 15 is 0 Å². The number of pyridine rings is 1. The Labute approximate surface area is 196 Å². The van der Waals surface area contributed by atoms with Crippen LogP contribution < -0.4 is 14.8 Å². The highest BCUT2D eigenvalue weighted by atomic mass is 32.2. The molecule has 0 unspecified atom stereocenters. The molecule has 2 N–H and O–H groups in total. The summed E-state index contributed by atoms with van der Waals surface area (Å²) in [5.74, 6) is 0.318. The summed E-state index contributed by atoms with van der Waals surface area (Å²) in [6, 6.07) is 11.2. The molecule has 1 aliphatic carbocycles. The molecule has 1 aliphatic rings. The molecule has 33 heavy (non-hydrogen) atoms. The Morgan fingerprint density at radius 1 is 1.09 bits per heavy atom. The summed E-state index contributed by atoms with van der Waals surface area (Å²) in [6.07, 6.45) is 3.47. The first-order valence-electron chi connectivity index (χ1n) is 10.8. The Balaban J connectivity index is 1.49. The van der Waals surface area contributed by atoms with Crippen molar-refractivity contribution in [3.8, 4) is 11.5 Å². The van der Waals surface area contributed by atoms with E-state index in [2.05, 4.69) is 5.32 Å². The summed E-state index contributed by atoms with van der Waals surface area (Å²) in [5.41, 5.74) is 4.47. The number of aliphatic carboxylic acids is 1. The number of fused-ring (bicyclic) bond motifs is 2. The number of nitrogens with zero attached hydrogens (tertiary/aromatic N) is 1. The predicted molar refractivity (Wildman–Crippen MR) is 128 cm³/mol. The Kier molecular flexibility index (Phi) is 7.03. The van der Waals surface area contributed by atoms with Crippen LogP contribution in [0.3, 0.4) is 0 Å². The van der Waals surface area contributed by atoms with E-state index in [0.29, 0.717) is 30.0 Å². The zero-order chi connectivity index (χ0) is 23.4. The number of methoxy groups -OCH3 is 2. The lowest BCUT2D eigenvalue weighted by atomic mass is 10.1. The number of thioether (sulfide) groups is 1. The molecule has 172 valence electrons. The Bertz CT molecular complexity index is 1210. The van der Waals surface area contributed by atoms with E-state index in [1.54, 1.807) is 26.4 Å². The van der Waals surface area contributed by atoms with Crippen LogP contribution >= 0.6 is 11.8 Å². The van der Waals surface area contributed by atoms with Crippen LogP contribution in [0.4, 0.5) is 0 Å². The minimum atomic E-state index is -0.845. The summed E-state index contributed by atoms with van der Waals surface area (Å²) in [7, 11) is 3.19. The number of nitrogens with one attached hydrogen (secondary N) is 1. The first-order valence-corrected chi connectivity index (χ1v) is 11.8. The van der Waals surface area contributed by atoms with Crippen LogP contribution in [0.2, 0.25) is 0 Å². The molecule has 0 aliphatic heterocycles. The molecule has 4 rings (SSSR count). The van der Waals surface area contributed by atoms with Crippen molar-refractivity contribution in [2.24, 2.45) is 0 Å². The second kappa shape index (κ2) is 10.1. The highest BCUT2D eigenvalue weighted by Gasteiger charge is 2.21. The van der Waals surface area contributed by atoms with Gasteiger partial charge in [0, 0.05) is 28.1 Å². The molecule has 1 heterocycles. The third-order valence-corrected chi connectivity index (χ3v) is 6.86. The molecule has 0 atom stereocenters. The smallest absolute Gasteiger partial charge is 0.313 e. The molecule has 0 saturated carbocycles. The van der Waals surface area contributed by atoms with Gasteiger partial charge in [-0.25, -0.2) is 0 Å². The number of benzene rings is 2. The lowest BCUT2D eigenvalue weighted by Gasteiger charge is -2.13. The molecular weight excluding hydrogens is 440 g/mol. The first-order chi connectivity index (χ1) is 16.0. The number of hydrogen-bond donors (Lipinski definition) is 2. The maximum atomic E-state index is 12.8. The second-order valence-electron chi connectivity index (χ2n) is 7.83. The van der Waals surface area contributed by atoms with E-state index in [4.69, 9.17) is 19.6 Å². The van der Waals surface area contributed by atoms with Gasteiger partial charge < -0.3 is 19.9 Å². The fourth-order valence-electron chi connectivity index (χ4n) is 4.12. The number of aromatic nitrogens is 1. The Morgan fingerprint density at radius 3 is 2.67 bits per heavy atom. The summed E-state index contributed by atoms with van der Waals surface area (Å²) < 4.78 is 10.6. The van der Waals surface area contributed by atoms with Gasteiger partial charge in [0.25, 0.3) is 5.91 Å². The quantitative estimate of drug-likeness (QED) is 0.462. The topological polar surface area (TPSA) is 97.8 Å². The van der Waals surface area contributed by atoms with Gasteiger partial charge in [-0.15, -0.1) is 11.8 Å². The summed E-state index contributed by atoms with van der Waals surface area (Å²) >= 11 is 1.34. The molecule has 0 fully saturated rings. The first kappa shape index (κ1) is 22.9. The van der Waals surface area contributed by atoms with Crippen molar-refractivity contribution in [1.82, 2.24) is 10.3 Å². The fourth-order valence-corrected chi connectivity index (χ4v) is 5.11. The van der Waals surface area contributed by atoms with Crippen LogP contribution in [0.15, 0.2) is 41.3 Å². The van der Waals surface area contributed by atoms with Crippen LogP contribution in [0, 0.1) is 0 Å². The molecule has 0 spiro atoms. The molecule has 8 heteroatoms. The number of carboxylic acids is 1. The minimum absolute atomic E-state index is 0.00391. The summed E-state index contributed by atoms with van der Waals surface area (Å²) in [5, 5.41) is 13.0. The monoisotopic (exact) mass is 466 g/mol. The van der Waals surface area contributed by atoms with Gasteiger partial charge in [0.1, 0.15) is 0 Å². The lowest BCUT2D eigenvalue weighted by Crippen LogP contribution is -2.25. The van der Waals surface area contributed by atoms with Crippen molar-refractivity contribution >= 4 is 34.5 Å². The van der Waals surface area contributed by atoms with Crippen molar-refractivity contribution in [2.75, 3.05) is 26.5 Å². The lowest BCUT2D eigenvalue weighted by molar-refractivity contribution is -0.133. The zero-order valence-corrected chi connectivity index (χ0v) is 19.5. The van der Waals surface area contributed by atoms with Gasteiger partial charge in [0.2, 0.25) is 0 Å². The standard InChI is InChI=1S/C25H26N2O5S/c1-31-21-9-6-15(12-22(21)32-2)10-11-26-25(30)16-7-8-18-20(13-16)27-19-5-3-4-17(19)24(18)33-14-23(28)29/h6-9,12-13H,3-5,10-11,14H2,1-2H3,(H,26,30)(H,28,29). The Hall–Kier alpha value is -3.26. The van der Waals surface area contributed by atoms with E-state index in [-0.39, 0.29) is 11.7 Å². The maximum absolute atomic E-state index is 12.8. The largest absolute Gasteiger partial charge is 0.493 e. The number of carbonyl (C=O) groups excluding carboxylic acids is 1. The molecule has 7 nitrogen and oxygen atoms in total. The van der Waals surface area contributed by atoms with Gasteiger partial charge >= 0.3 is 5.97 Å². The molecular formula is C25H26N2O5S. The number of hydrogen-bond acceptors (Lipinski definition) is 6. The van der Waals surface area contributed by atoms with Gasteiger partial charge in [-0.05, 0) is 61.1 Å². The number of carboxylic acid groups (broad SMARTS) is 1. The van der Waals surface area contributed by atoms with Gasteiger partial charge in [0.15, 0.2) is 11.5 Å². The van der Waals surface area contributed by atoms with E-state index in [1.165, 1.54) is 11.8 Å². The normalized spacial score (nSPS) is 12.4. The van der Waals surface area contributed by atoms with Crippen molar-refractivity contribution in [3.63, 3.8) is 0 Å². The van der Waals surface area contributed by atoms with Crippen molar-refractivity contribution in [3.05, 3.63) is 58.8 Å². The van der Waals surface area contributed by atoms with Crippen molar-refractivity contribution in [2.45, 2.75) is 30.6 Å². The van der Waals surface area contributed by atoms with Gasteiger partial charge in [-0.1, -0.05) is 12.1 Å². The van der Waals surface area contributed by atoms with E-state index in [1.807, 2.05) is 24.3 Å². The summed E-state index contributed by atoms with van der Waals surface area (Å²) in [4.78, 5) is 29.7. The second-order valence-corrected chi connectivity index (χ2v) is 8.81. The summed E-state index contributed by atoms with van der Waals surface area (Å²) in [6.45, 7) is 0.476. The minimum Gasteiger partial charge on any atom is -0.493 e. The maximum Gasteiger partial charge on any atom is 0.313 e. The average molecular weight is 467 g/mol. The fraction of sp³-hybridized carbons (Fsp3) is 0.320. The van der Waals surface area contributed by atoms with Gasteiger partial charge in [-0.3, -0.25) is 14.6 Å². The van der Waals surface area contributed by atoms with E-state index < -0.39 is 5.97 Å². The van der Waals surface area contributed by atoms with Crippen molar-refractivity contribution in [1.29, 1.82) is 0 Å². The molecule has 2 aromatic carbocycles. The SMILES string of the molecule is COc1ccc(CCNC(=O)c2ccc3c(SCC(=O)O)c4c(nc3c2)CCC4)cc1OC. The molecule has 0 radical (unpaired) electrons. The van der Waals surface area contributed by atoms with Crippen LogP contribution in [-0.4, -0.2) is 48.5 Å². The molecule has 0 saturated heterocycles. The highest BCUT2D eigenvalue weighted by molar-refractivity contribution is 8.00. The highest BCUT2D eigenvalue weighted by Crippen LogP contribution is 2.37. The third kappa shape index (κ3) is 5.06. The molecule has 1 amide bonds. The van der Waals surface area contributed by atoms with E-state index in [9.17, 15) is 9.59 Å². The van der Waals surface area contributed by atoms with Crippen LogP contribution in [0.1, 0.15) is 33.6 Å². The molecule has 1 aromatic heterocycles. The van der Waals surface area contributed by atoms with E-state index in [0.717, 1.165) is 51.9 Å².